The molecular weight excluding hydrogens is 1040 g/mol. The number of phenolic OH excluding ortho intramolecular Hbond substituents is 2. The molecule has 9 amide bonds. The first-order chi connectivity index (χ1) is 36.6. The van der Waals surface area contributed by atoms with E-state index in [1.54, 1.807) is 0 Å². The number of guanidine groups is 1. The minimum atomic E-state index is -1.62. The molecule has 2 aromatic rings. The predicted molar refractivity (Wildman–Crippen MR) is 273 cm³/mol. The van der Waals surface area contributed by atoms with Gasteiger partial charge in [0.2, 0.25) is 41.4 Å². The summed E-state index contributed by atoms with van der Waals surface area (Å²) in [7, 11) is 0. The molecule has 428 valence electrons. The van der Waals surface area contributed by atoms with E-state index in [1.807, 2.05) is 0 Å². The van der Waals surface area contributed by atoms with Gasteiger partial charge >= 0.3 is 0 Å². The normalized spacial score (nSPS) is 15.1. The number of hydrogen-bond acceptors (Lipinski definition) is 19. The minimum Gasteiger partial charge on any atom is -0.504 e. The fourth-order valence-corrected chi connectivity index (χ4v) is 7.87. The van der Waals surface area contributed by atoms with Gasteiger partial charge in [0.05, 0.1) is 35.9 Å². The minimum absolute atomic E-state index is 0.00599. The number of benzene rings is 1. The second kappa shape index (κ2) is 32.2. The third-order valence-electron chi connectivity index (χ3n) is 11.8. The zero-order valence-electron chi connectivity index (χ0n) is 42.5. The number of hydrogen-bond donors (Lipinski definition) is 17. The van der Waals surface area contributed by atoms with Gasteiger partial charge in [-0.15, -0.1) is 0 Å². The Kier molecular flexibility index (Phi) is 26.7. The molecule has 32 heteroatoms. The number of piperidine rings is 1. The number of aromatic nitrogens is 2. The van der Waals surface area contributed by atoms with E-state index in [1.165, 1.54) is 23.2 Å². The Labute approximate surface area is 447 Å². The van der Waals surface area contributed by atoms with E-state index in [4.69, 9.17) is 40.3 Å². The molecule has 1 aliphatic rings. The van der Waals surface area contributed by atoms with Gasteiger partial charge in [-0.1, -0.05) is 11.6 Å². The van der Waals surface area contributed by atoms with E-state index in [2.05, 4.69) is 47.2 Å². The van der Waals surface area contributed by atoms with E-state index < -0.39 is 120 Å². The van der Waals surface area contributed by atoms with Crippen LogP contribution in [0.3, 0.4) is 0 Å². The number of amides is 9. The largest absolute Gasteiger partial charge is 0.504 e. The number of nitrogens with two attached hydrogens (primary N) is 5. The van der Waals surface area contributed by atoms with Crippen LogP contribution in [0.5, 0.6) is 11.5 Å². The van der Waals surface area contributed by atoms with Gasteiger partial charge in [-0.3, -0.25) is 58.6 Å². The Hall–Kier alpha value is -7.42. The summed E-state index contributed by atoms with van der Waals surface area (Å²) in [6, 6.07) is -7.44. The molecule has 0 aliphatic carbocycles. The lowest BCUT2D eigenvalue weighted by Gasteiger charge is -2.29. The second-order valence-electron chi connectivity index (χ2n) is 17.8. The van der Waals surface area contributed by atoms with Gasteiger partial charge < -0.3 is 85.8 Å². The summed E-state index contributed by atoms with van der Waals surface area (Å²) in [6.07, 6.45) is 3.35. The van der Waals surface area contributed by atoms with Crippen molar-refractivity contribution in [1.82, 2.24) is 56.9 Å². The third kappa shape index (κ3) is 20.2. The fraction of sp³-hybridized carbons (Fsp3) is 0.578. The van der Waals surface area contributed by atoms with Crippen LogP contribution in [0.2, 0.25) is 5.02 Å². The van der Waals surface area contributed by atoms with Crippen LogP contribution < -0.4 is 65.9 Å². The van der Waals surface area contributed by atoms with E-state index >= 15 is 0 Å². The van der Waals surface area contributed by atoms with E-state index in [0.717, 1.165) is 6.92 Å². The number of imidazole rings is 1. The Morgan fingerprint density at radius 1 is 0.805 bits per heavy atom. The lowest BCUT2D eigenvalue weighted by Crippen LogP contribution is -2.60. The standard InChI is InChI=1S/C45H72ClN17O14/c1-24(65)62(76)17-5-10-30(40(71)57-29(8-3-14-48)41(72)60-32(22-64)42(73)59-31-11-6-18-63(77)44(31)75)58-39(70)28(7-2-13-47)56-38(69)27(9-4-16-52-45(50)51)55-34(66)20-53-43(74)35-33(19-26(46)36(67)37(35)68)61-21-25(12-15-49)54-23-61/h19,21,23,27-32,64,67-68,76-77H,2-18,20,22,47-49H2,1H3,(H,53,74)(H,55,66)(H,56,69)(H,57,71)(H,58,70)(H,59,73)(H,60,72)(H4,50,51,52). The van der Waals surface area contributed by atoms with Crippen LogP contribution in [0.1, 0.15) is 87.2 Å². The van der Waals surface area contributed by atoms with Crippen molar-refractivity contribution in [3.8, 4) is 17.2 Å². The number of nitrogens with one attached hydrogen (secondary N) is 7. The number of halogens is 1. The molecule has 31 nitrogen and oxygen atoms in total. The van der Waals surface area contributed by atoms with Crippen LogP contribution >= 0.6 is 11.6 Å². The molecule has 2 heterocycles. The fourth-order valence-electron chi connectivity index (χ4n) is 7.68. The lowest BCUT2D eigenvalue weighted by atomic mass is 10.0. The van der Waals surface area contributed by atoms with Crippen molar-refractivity contribution in [2.45, 2.75) is 114 Å². The van der Waals surface area contributed by atoms with Crippen LogP contribution in [0.15, 0.2) is 23.6 Å². The summed E-state index contributed by atoms with van der Waals surface area (Å²) in [6.45, 7) is -0.604. The van der Waals surface area contributed by atoms with Crippen molar-refractivity contribution < 1.29 is 68.9 Å². The predicted octanol–water partition coefficient (Wildman–Crippen LogP) is -5.37. The van der Waals surface area contributed by atoms with Crippen molar-refractivity contribution in [2.24, 2.45) is 33.7 Å². The molecule has 0 bridgehead atoms. The Bertz CT molecular complexity index is 2410. The van der Waals surface area contributed by atoms with E-state index in [9.17, 15) is 68.9 Å². The van der Waals surface area contributed by atoms with Crippen molar-refractivity contribution in [2.75, 3.05) is 52.4 Å². The zero-order chi connectivity index (χ0) is 57.4. The monoisotopic (exact) mass is 1110 g/mol. The van der Waals surface area contributed by atoms with Crippen LogP contribution in [-0.4, -0.2) is 193 Å². The number of aromatic hydroxyl groups is 2. The first kappa shape index (κ1) is 63.9. The molecule has 0 saturated carbocycles. The van der Waals surface area contributed by atoms with Crippen LogP contribution in [0.4, 0.5) is 0 Å². The molecule has 1 aromatic heterocycles. The highest BCUT2D eigenvalue weighted by Crippen LogP contribution is 2.40. The molecule has 1 fully saturated rings. The highest BCUT2D eigenvalue weighted by atomic mass is 35.5. The van der Waals surface area contributed by atoms with Crippen LogP contribution in [0.25, 0.3) is 5.69 Å². The molecular formula is C45H72ClN17O14. The summed E-state index contributed by atoms with van der Waals surface area (Å²) in [4.78, 5) is 128. The number of carbonyl (C=O) groups excluding carboxylic acids is 9. The summed E-state index contributed by atoms with van der Waals surface area (Å²) >= 11 is 6.12. The number of hydroxylamine groups is 4. The first-order valence-corrected chi connectivity index (χ1v) is 25.1. The Morgan fingerprint density at radius 2 is 1.35 bits per heavy atom. The third-order valence-corrected chi connectivity index (χ3v) is 12.1. The molecule has 0 spiro atoms. The van der Waals surface area contributed by atoms with Crippen molar-refractivity contribution in [3.05, 3.63) is 34.9 Å². The zero-order valence-corrected chi connectivity index (χ0v) is 43.3. The quantitative estimate of drug-likeness (QED) is 0.00812. The van der Waals surface area contributed by atoms with E-state index in [-0.39, 0.29) is 114 Å². The van der Waals surface area contributed by atoms with Gasteiger partial charge in [0.15, 0.2) is 17.5 Å². The smallest absolute Gasteiger partial charge is 0.268 e. The summed E-state index contributed by atoms with van der Waals surface area (Å²) in [5.74, 6) is -10.3. The molecule has 3 rings (SSSR count). The maximum Gasteiger partial charge on any atom is 0.268 e. The highest BCUT2D eigenvalue weighted by Gasteiger charge is 2.35. The van der Waals surface area contributed by atoms with Gasteiger partial charge in [0.25, 0.3) is 11.8 Å². The molecule has 1 aliphatic heterocycles. The number of phenols is 2. The molecule has 6 unspecified atom stereocenters. The number of carbonyl (C=O) groups is 9. The number of rotatable bonds is 32. The summed E-state index contributed by atoms with van der Waals surface area (Å²) < 4.78 is 1.35. The first-order valence-electron chi connectivity index (χ1n) is 24.7. The second-order valence-corrected chi connectivity index (χ2v) is 18.2. The SMILES string of the molecule is CC(=O)N(O)CCCC(NC(=O)C(CCCN)NC(=O)C(CCCN=C(N)N)NC(=O)CNC(=O)c1c(-n2cnc(CCN)c2)cc(Cl)c(O)c1O)C(=O)NC(CCCN)C(=O)NC(CO)C(=O)NC1CCCN(O)C1=O. The summed E-state index contributed by atoms with van der Waals surface area (Å²) in [5.41, 5.74) is 28.1. The Balaban J connectivity index is 1.86. The van der Waals surface area contributed by atoms with Crippen molar-refractivity contribution in [1.29, 1.82) is 0 Å². The van der Waals surface area contributed by atoms with Crippen LogP contribution in [-0.2, 0) is 44.8 Å². The molecule has 6 atom stereocenters. The van der Waals surface area contributed by atoms with Gasteiger partial charge in [0.1, 0.15) is 41.8 Å². The van der Waals surface area contributed by atoms with Gasteiger partial charge in [0, 0.05) is 39.2 Å². The maximum atomic E-state index is 14.2. The Morgan fingerprint density at radius 3 is 1.88 bits per heavy atom. The number of aliphatic imine (C=N–C) groups is 1. The van der Waals surface area contributed by atoms with Crippen molar-refractivity contribution >= 4 is 70.7 Å². The maximum absolute atomic E-state index is 14.2. The number of nitrogens with zero attached hydrogens (tertiary/aromatic N) is 5. The van der Waals surface area contributed by atoms with Gasteiger partial charge in [-0.2, -0.15) is 0 Å². The highest BCUT2D eigenvalue weighted by molar-refractivity contribution is 6.32. The molecule has 0 radical (unpaired) electrons. The molecule has 77 heavy (non-hydrogen) atoms. The van der Waals surface area contributed by atoms with Crippen molar-refractivity contribution in [3.63, 3.8) is 0 Å². The number of aliphatic hydroxyl groups is 1. The topological polar surface area (TPSA) is 506 Å². The van der Waals surface area contributed by atoms with Gasteiger partial charge in [-0.25, -0.2) is 15.1 Å². The average molecular weight is 1110 g/mol. The molecule has 1 aromatic carbocycles. The average Bonchev–Trinajstić information content (AvgIpc) is 3.86. The van der Waals surface area contributed by atoms with Crippen LogP contribution in [0, 0.1) is 0 Å². The van der Waals surface area contributed by atoms with E-state index in [0.29, 0.717) is 28.7 Å². The summed E-state index contributed by atoms with van der Waals surface area (Å²) in [5, 5.41) is 68.8. The number of aliphatic hydroxyl groups excluding tert-OH is 1. The molecule has 1 saturated heterocycles. The lowest BCUT2D eigenvalue weighted by molar-refractivity contribution is -0.173. The van der Waals surface area contributed by atoms with Gasteiger partial charge in [-0.05, 0) is 89.9 Å². The molecule has 22 N–H and O–H groups in total.